The summed E-state index contributed by atoms with van der Waals surface area (Å²) in [5, 5.41) is 7.33. The molecule has 0 amide bonds. The number of aryl methyl sites for hydroxylation is 4. The number of anilines is 2. The number of ether oxygens (including phenoxy) is 1. The van der Waals surface area contributed by atoms with Gasteiger partial charge in [0.05, 0.1) is 11.9 Å². The molecule has 1 saturated heterocycles. The molecule has 1 aliphatic heterocycles. The van der Waals surface area contributed by atoms with Crippen LogP contribution in [0.25, 0.3) is 11.3 Å². The van der Waals surface area contributed by atoms with Crippen LogP contribution >= 0.6 is 0 Å². The molecule has 0 radical (unpaired) electrons. The zero-order chi connectivity index (χ0) is 26.9. The summed E-state index contributed by atoms with van der Waals surface area (Å²) >= 11 is 0. The lowest BCUT2D eigenvalue weighted by molar-refractivity contribution is 0.459. The summed E-state index contributed by atoms with van der Waals surface area (Å²) in [6, 6.07) is 13.7. The van der Waals surface area contributed by atoms with Crippen LogP contribution in [0.2, 0.25) is 0 Å². The molecule has 1 fully saturated rings. The summed E-state index contributed by atoms with van der Waals surface area (Å²) in [4.78, 5) is 11.3. The monoisotopic (exact) mass is 533 g/mol. The van der Waals surface area contributed by atoms with E-state index in [9.17, 15) is 8.42 Å². The van der Waals surface area contributed by atoms with Crippen molar-refractivity contribution in [1.29, 1.82) is 0 Å². The van der Waals surface area contributed by atoms with E-state index in [-0.39, 0.29) is 16.7 Å². The fourth-order valence-corrected chi connectivity index (χ4v) is 5.49. The molecule has 0 bridgehead atoms. The van der Waals surface area contributed by atoms with Gasteiger partial charge in [-0.05, 0) is 55.7 Å². The lowest BCUT2D eigenvalue weighted by Gasteiger charge is -2.29. The van der Waals surface area contributed by atoms with E-state index in [1.54, 1.807) is 13.1 Å². The largest absolute Gasteiger partial charge is 0.439 e. The van der Waals surface area contributed by atoms with Gasteiger partial charge in [0.2, 0.25) is 11.8 Å². The van der Waals surface area contributed by atoms with E-state index in [0.717, 1.165) is 54.1 Å². The number of rotatable bonds is 7. The van der Waals surface area contributed by atoms with Crippen molar-refractivity contribution in [1.82, 2.24) is 25.1 Å². The second kappa shape index (κ2) is 10.4. The summed E-state index contributed by atoms with van der Waals surface area (Å²) < 4.78 is 36.2. The average molecular weight is 534 g/mol. The van der Waals surface area contributed by atoms with Crippen molar-refractivity contribution >= 4 is 21.7 Å². The molecule has 10 nitrogen and oxygen atoms in total. The lowest BCUT2D eigenvalue weighted by atomic mass is 10.00. The van der Waals surface area contributed by atoms with E-state index in [0.29, 0.717) is 11.4 Å². The van der Waals surface area contributed by atoms with Gasteiger partial charge in [-0.15, -0.1) is 0 Å². The van der Waals surface area contributed by atoms with Gasteiger partial charge in [0.15, 0.2) is 0 Å². The molecule has 5 rings (SSSR count). The molecule has 2 aromatic heterocycles. The molecular formula is C27H31N7O3S. The summed E-state index contributed by atoms with van der Waals surface area (Å²) in [7, 11) is -2.30. The Kier molecular flexibility index (Phi) is 7.04. The second-order valence-corrected chi connectivity index (χ2v) is 11.1. The van der Waals surface area contributed by atoms with Gasteiger partial charge in [-0.1, -0.05) is 18.2 Å². The van der Waals surface area contributed by atoms with Crippen LogP contribution < -0.4 is 19.7 Å². The maximum absolute atomic E-state index is 13.0. The topological polar surface area (TPSA) is 114 Å². The van der Waals surface area contributed by atoms with Gasteiger partial charge in [0, 0.05) is 56.7 Å². The minimum atomic E-state index is -3.95. The predicted octanol–water partition coefficient (Wildman–Crippen LogP) is 3.81. The molecular weight excluding hydrogens is 502 g/mol. The van der Waals surface area contributed by atoms with Crippen molar-refractivity contribution in [2.24, 2.45) is 7.05 Å². The van der Waals surface area contributed by atoms with Crippen LogP contribution in [0.5, 0.6) is 11.6 Å². The van der Waals surface area contributed by atoms with Gasteiger partial charge in [-0.25, -0.2) is 18.1 Å². The molecule has 38 heavy (non-hydrogen) atoms. The Morgan fingerprint density at radius 3 is 2.37 bits per heavy atom. The summed E-state index contributed by atoms with van der Waals surface area (Å²) in [6.45, 7) is 9.78. The molecule has 0 saturated carbocycles. The van der Waals surface area contributed by atoms with Gasteiger partial charge in [-0.2, -0.15) is 10.1 Å². The standard InChI is InChI=1S/C27H31N7O3S/c1-18-6-5-7-19(2)26(18)23-15-25(31-27(30-23)32-38(35,36)22-16-29-33(4)17-22)37-24-9-8-21(14-20(24)3)34-12-10-28-11-13-34/h5-9,14-17,28H,10-13H2,1-4H3,(H,30,31,32). The van der Waals surface area contributed by atoms with Crippen LogP contribution in [-0.4, -0.2) is 54.3 Å². The first kappa shape index (κ1) is 25.7. The Morgan fingerprint density at radius 2 is 1.71 bits per heavy atom. The normalized spacial score (nSPS) is 13.9. The molecule has 2 aromatic carbocycles. The smallest absolute Gasteiger partial charge is 0.267 e. The molecule has 0 spiro atoms. The number of hydrogen-bond donors (Lipinski definition) is 2. The van der Waals surface area contributed by atoms with Crippen LogP contribution in [0, 0.1) is 20.8 Å². The Hall–Kier alpha value is -3.96. The lowest BCUT2D eigenvalue weighted by Crippen LogP contribution is -2.43. The van der Waals surface area contributed by atoms with Crippen LogP contribution in [0.15, 0.2) is 59.8 Å². The van der Waals surface area contributed by atoms with Gasteiger partial charge in [-0.3, -0.25) is 4.68 Å². The number of sulfonamides is 1. The van der Waals surface area contributed by atoms with E-state index in [2.05, 4.69) is 36.1 Å². The predicted molar refractivity (Wildman–Crippen MR) is 147 cm³/mol. The van der Waals surface area contributed by atoms with Crippen molar-refractivity contribution in [2.45, 2.75) is 25.7 Å². The zero-order valence-electron chi connectivity index (χ0n) is 21.9. The molecule has 0 unspecified atom stereocenters. The van der Waals surface area contributed by atoms with Gasteiger partial charge >= 0.3 is 0 Å². The van der Waals surface area contributed by atoms with Crippen LogP contribution in [0.1, 0.15) is 16.7 Å². The third kappa shape index (κ3) is 5.48. The van der Waals surface area contributed by atoms with Crippen LogP contribution in [0.3, 0.4) is 0 Å². The Bertz CT molecular complexity index is 1560. The first-order valence-corrected chi connectivity index (χ1v) is 13.9. The maximum atomic E-state index is 13.0. The summed E-state index contributed by atoms with van der Waals surface area (Å²) in [5.41, 5.74) is 5.56. The highest BCUT2D eigenvalue weighted by Gasteiger charge is 2.21. The third-order valence-electron chi connectivity index (χ3n) is 6.51. The molecule has 1 aliphatic rings. The van der Waals surface area contributed by atoms with E-state index >= 15 is 0 Å². The summed E-state index contributed by atoms with van der Waals surface area (Å²) in [5.74, 6) is 0.787. The number of nitrogens with one attached hydrogen (secondary N) is 2. The molecule has 0 aliphatic carbocycles. The van der Waals surface area contributed by atoms with Crippen molar-refractivity contribution in [3.63, 3.8) is 0 Å². The van der Waals surface area contributed by atoms with E-state index < -0.39 is 10.0 Å². The minimum absolute atomic E-state index is 0.0166. The van der Waals surface area contributed by atoms with Crippen LogP contribution in [0.4, 0.5) is 11.6 Å². The van der Waals surface area contributed by atoms with Crippen molar-refractivity contribution in [3.8, 4) is 22.9 Å². The number of benzene rings is 2. The Morgan fingerprint density at radius 1 is 0.974 bits per heavy atom. The molecule has 0 atom stereocenters. The molecule has 11 heteroatoms. The van der Waals surface area contributed by atoms with E-state index in [1.165, 1.54) is 17.1 Å². The molecule has 3 heterocycles. The Balaban J connectivity index is 1.52. The van der Waals surface area contributed by atoms with Crippen molar-refractivity contribution in [2.75, 3.05) is 35.8 Å². The minimum Gasteiger partial charge on any atom is -0.439 e. The quantitative estimate of drug-likeness (QED) is 0.369. The highest BCUT2D eigenvalue weighted by atomic mass is 32.2. The summed E-state index contributed by atoms with van der Waals surface area (Å²) in [6.07, 6.45) is 2.69. The molecule has 198 valence electrons. The number of nitrogens with zero attached hydrogens (tertiary/aromatic N) is 5. The van der Waals surface area contributed by atoms with Gasteiger partial charge < -0.3 is 15.0 Å². The SMILES string of the molecule is Cc1cc(N2CCNCC2)ccc1Oc1cc(-c2c(C)cccc2C)nc(NS(=O)(=O)c2cnn(C)c2)n1. The van der Waals surface area contributed by atoms with Crippen molar-refractivity contribution < 1.29 is 13.2 Å². The average Bonchev–Trinajstić information content (AvgIpc) is 3.33. The second-order valence-electron chi connectivity index (χ2n) is 9.43. The number of hydrogen-bond acceptors (Lipinski definition) is 8. The first-order chi connectivity index (χ1) is 18.2. The number of aromatic nitrogens is 4. The number of piperazine rings is 1. The van der Waals surface area contributed by atoms with Gasteiger partial charge in [0.25, 0.3) is 10.0 Å². The highest BCUT2D eigenvalue weighted by Crippen LogP contribution is 2.33. The molecule has 2 N–H and O–H groups in total. The van der Waals surface area contributed by atoms with Crippen LogP contribution in [-0.2, 0) is 17.1 Å². The van der Waals surface area contributed by atoms with E-state index in [1.807, 2.05) is 51.1 Å². The zero-order valence-corrected chi connectivity index (χ0v) is 22.7. The highest BCUT2D eigenvalue weighted by molar-refractivity contribution is 7.92. The van der Waals surface area contributed by atoms with Crippen molar-refractivity contribution in [3.05, 3.63) is 71.5 Å². The third-order valence-corrected chi connectivity index (χ3v) is 7.79. The maximum Gasteiger partial charge on any atom is 0.267 e. The Labute approximate surface area is 222 Å². The fourth-order valence-electron chi connectivity index (χ4n) is 4.57. The van der Waals surface area contributed by atoms with E-state index in [4.69, 9.17) is 4.74 Å². The van der Waals surface area contributed by atoms with Gasteiger partial charge in [0.1, 0.15) is 10.6 Å². The fraction of sp³-hybridized carbons (Fsp3) is 0.296. The molecule has 4 aromatic rings. The first-order valence-electron chi connectivity index (χ1n) is 12.4.